The second kappa shape index (κ2) is 9.77. The highest BCUT2D eigenvalue weighted by atomic mass is 16.6. The minimum atomic E-state index is -0.982. The Kier molecular flexibility index (Phi) is 7.41. The standard InChI is InChI=1S/C21H27N3O5/c1-7-8-16-9-10-17(18(11-16)27-6)28-12-19(25)29-15(4)21(26)22-20-13(2)23-24(5)14(20)3/h7-11,15H,12H2,1-6H3,(H,22,26)/b8-7+/t15-/m1/s1. The molecule has 0 radical (unpaired) electrons. The number of nitrogens with one attached hydrogen (secondary N) is 1. The first-order valence-corrected chi connectivity index (χ1v) is 9.20. The molecule has 0 spiro atoms. The van der Waals surface area contributed by atoms with Crippen molar-refractivity contribution in [1.82, 2.24) is 9.78 Å². The zero-order valence-corrected chi connectivity index (χ0v) is 17.6. The maximum atomic E-state index is 12.3. The van der Waals surface area contributed by atoms with Crippen molar-refractivity contribution in [2.75, 3.05) is 19.0 Å². The van der Waals surface area contributed by atoms with E-state index in [1.807, 2.05) is 32.1 Å². The molecular formula is C21H27N3O5. The van der Waals surface area contributed by atoms with E-state index in [1.165, 1.54) is 14.0 Å². The molecule has 1 N–H and O–H groups in total. The summed E-state index contributed by atoms with van der Waals surface area (Å²) < 4.78 is 17.6. The molecule has 0 saturated heterocycles. The Labute approximate surface area is 170 Å². The van der Waals surface area contributed by atoms with Crippen molar-refractivity contribution in [2.24, 2.45) is 7.05 Å². The van der Waals surface area contributed by atoms with Crippen LogP contribution in [0, 0.1) is 13.8 Å². The van der Waals surface area contributed by atoms with Gasteiger partial charge in [-0.1, -0.05) is 18.2 Å². The molecule has 0 aliphatic heterocycles. The van der Waals surface area contributed by atoms with Gasteiger partial charge < -0.3 is 19.5 Å². The fourth-order valence-corrected chi connectivity index (χ4v) is 2.70. The number of allylic oxidation sites excluding steroid dienone is 1. The Hall–Kier alpha value is -3.29. The van der Waals surface area contributed by atoms with Crippen LogP contribution in [-0.4, -0.2) is 41.5 Å². The van der Waals surface area contributed by atoms with E-state index in [0.717, 1.165) is 11.3 Å². The van der Waals surface area contributed by atoms with Crippen LogP contribution < -0.4 is 14.8 Å². The highest BCUT2D eigenvalue weighted by molar-refractivity contribution is 5.96. The van der Waals surface area contributed by atoms with Crippen molar-refractivity contribution in [1.29, 1.82) is 0 Å². The third-order valence-corrected chi connectivity index (χ3v) is 4.33. The maximum absolute atomic E-state index is 12.3. The molecule has 1 amide bonds. The summed E-state index contributed by atoms with van der Waals surface area (Å²) in [5.41, 5.74) is 3.06. The summed E-state index contributed by atoms with van der Waals surface area (Å²) in [6.45, 7) is 6.71. The van der Waals surface area contributed by atoms with Crippen molar-refractivity contribution in [3.05, 3.63) is 41.2 Å². The van der Waals surface area contributed by atoms with Gasteiger partial charge in [-0.3, -0.25) is 9.48 Å². The fourth-order valence-electron chi connectivity index (χ4n) is 2.70. The monoisotopic (exact) mass is 401 g/mol. The highest BCUT2D eigenvalue weighted by Crippen LogP contribution is 2.28. The Balaban J connectivity index is 1.92. The predicted molar refractivity (Wildman–Crippen MR) is 110 cm³/mol. The Bertz CT molecular complexity index is 917. The van der Waals surface area contributed by atoms with E-state index in [-0.39, 0.29) is 6.61 Å². The summed E-state index contributed by atoms with van der Waals surface area (Å²) in [5.74, 6) is -0.184. The second-order valence-corrected chi connectivity index (χ2v) is 6.49. The molecule has 0 bridgehead atoms. The van der Waals surface area contributed by atoms with Gasteiger partial charge in [0.15, 0.2) is 24.2 Å². The quantitative estimate of drug-likeness (QED) is 0.684. The van der Waals surface area contributed by atoms with Crippen LogP contribution in [0.3, 0.4) is 0 Å². The van der Waals surface area contributed by atoms with Gasteiger partial charge in [-0.05, 0) is 45.4 Å². The largest absolute Gasteiger partial charge is 0.493 e. The summed E-state index contributed by atoms with van der Waals surface area (Å²) in [4.78, 5) is 24.4. The number of benzene rings is 1. The highest BCUT2D eigenvalue weighted by Gasteiger charge is 2.21. The first-order chi connectivity index (χ1) is 13.8. The number of ether oxygens (including phenoxy) is 3. The first-order valence-electron chi connectivity index (χ1n) is 9.20. The molecule has 0 saturated carbocycles. The van der Waals surface area contributed by atoms with E-state index in [2.05, 4.69) is 10.4 Å². The van der Waals surface area contributed by atoms with Crippen LogP contribution in [0.25, 0.3) is 6.08 Å². The van der Waals surface area contributed by atoms with Crippen LogP contribution in [0.15, 0.2) is 24.3 Å². The number of methoxy groups -OCH3 is 1. The molecule has 156 valence electrons. The number of aryl methyl sites for hydroxylation is 2. The number of carbonyl (C=O) groups excluding carboxylic acids is 2. The van der Waals surface area contributed by atoms with Gasteiger partial charge in [-0.15, -0.1) is 0 Å². The smallest absolute Gasteiger partial charge is 0.344 e. The number of hydrogen-bond donors (Lipinski definition) is 1. The van der Waals surface area contributed by atoms with E-state index in [9.17, 15) is 9.59 Å². The van der Waals surface area contributed by atoms with Crippen molar-refractivity contribution in [3.63, 3.8) is 0 Å². The number of rotatable bonds is 8. The van der Waals surface area contributed by atoms with E-state index < -0.39 is 18.0 Å². The number of amides is 1. The molecule has 1 aromatic heterocycles. The number of aromatic nitrogens is 2. The zero-order valence-electron chi connectivity index (χ0n) is 17.6. The Morgan fingerprint density at radius 3 is 2.59 bits per heavy atom. The van der Waals surface area contributed by atoms with Gasteiger partial charge in [0.2, 0.25) is 0 Å². The summed E-state index contributed by atoms with van der Waals surface area (Å²) in [5, 5.41) is 6.99. The molecule has 0 aliphatic carbocycles. The molecule has 8 nitrogen and oxygen atoms in total. The molecule has 0 fully saturated rings. The topological polar surface area (TPSA) is 91.7 Å². The van der Waals surface area contributed by atoms with Gasteiger partial charge >= 0.3 is 5.97 Å². The second-order valence-electron chi connectivity index (χ2n) is 6.49. The molecule has 2 aromatic rings. The molecule has 1 atom stereocenters. The Morgan fingerprint density at radius 2 is 2.00 bits per heavy atom. The van der Waals surface area contributed by atoms with E-state index in [0.29, 0.717) is 22.9 Å². The lowest BCUT2D eigenvalue weighted by atomic mass is 10.2. The van der Waals surface area contributed by atoms with E-state index in [1.54, 1.807) is 30.8 Å². The number of anilines is 1. The van der Waals surface area contributed by atoms with Gasteiger partial charge in [0, 0.05) is 7.05 Å². The molecule has 29 heavy (non-hydrogen) atoms. The molecule has 2 rings (SSSR count). The third kappa shape index (κ3) is 5.60. The normalized spacial score (nSPS) is 11.9. The number of esters is 1. The predicted octanol–water partition coefficient (Wildman–Crippen LogP) is 3.03. The molecule has 8 heteroatoms. The molecule has 1 aromatic carbocycles. The number of hydrogen-bond acceptors (Lipinski definition) is 6. The minimum absolute atomic E-state index is 0.345. The van der Waals surface area contributed by atoms with Crippen LogP contribution in [0.4, 0.5) is 5.69 Å². The lowest BCUT2D eigenvalue weighted by molar-refractivity contribution is -0.155. The van der Waals surface area contributed by atoms with Crippen LogP contribution in [0.5, 0.6) is 11.5 Å². The van der Waals surface area contributed by atoms with E-state index in [4.69, 9.17) is 14.2 Å². The van der Waals surface area contributed by atoms with Crippen LogP contribution >= 0.6 is 0 Å². The fraction of sp³-hybridized carbons (Fsp3) is 0.381. The van der Waals surface area contributed by atoms with Crippen molar-refractivity contribution >= 4 is 23.6 Å². The average molecular weight is 401 g/mol. The summed E-state index contributed by atoms with van der Waals surface area (Å²) in [6.07, 6.45) is 2.85. The van der Waals surface area contributed by atoms with Gasteiger partial charge in [0.1, 0.15) is 0 Å². The van der Waals surface area contributed by atoms with Crippen molar-refractivity contribution in [2.45, 2.75) is 33.8 Å². The molecule has 0 unspecified atom stereocenters. The zero-order chi connectivity index (χ0) is 21.6. The summed E-state index contributed by atoms with van der Waals surface area (Å²) in [7, 11) is 3.31. The van der Waals surface area contributed by atoms with Crippen molar-refractivity contribution in [3.8, 4) is 11.5 Å². The van der Waals surface area contributed by atoms with Crippen LogP contribution in [-0.2, 0) is 21.4 Å². The summed E-state index contributed by atoms with van der Waals surface area (Å²) in [6, 6.07) is 5.36. The van der Waals surface area contributed by atoms with Crippen LogP contribution in [0.1, 0.15) is 30.8 Å². The molecule has 1 heterocycles. The van der Waals surface area contributed by atoms with E-state index >= 15 is 0 Å². The van der Waals surface area contributed by atoms with Crippen molar-refractivity contribution < 1.29 is 23.8 Å². The summed E-state index contributed by atoms with van der Waals surface area (Å²) >= 11 is 0. The Morgan fingerprint density at radius 1 is 1.28 bits per heavy atom. The van der Waals surface area contributed by atoms with Gasteiger partial charge in [0.25, 0.3) is 5.91 Å². The van der Waals surface area contributed by atoms with Gasteiger partial charge in [-0.25, -0.2) is 4.79 Å². The average Bonchev–Trinajstić information content (AvgIpc) is 2.92. The SMILES string of the molecule is C/C=C/c1ccc(OCC(=O)O[C@H](C)C(=O)Nc2c(C)nn(C)c2C)c(OC)c1. The lowest BCUT2D eigenvalue weighted by Crippen LogP contribution is -2.32. The number of carbonyl (C=O) groups is 2. The lowest BCUT2D eigenvalue weighted by Gasteiger charge is -2.15. The van der Waals surface area contributed by atoms with Gasteiger partial charge in [0.05, 0.1) is 24.2 Å². The first kappa shape index (κ1) is 22.0. The third-order valence-electron chi connectivity index (χ3n) is 4.33. The maximum Gasteiger partial charge on any atom is 0.344 e. The molecular weight excluding hydrogens is 374 g/mol. The van der Waals surface area contributed by atoms with Gasteiger partial charge in [-0.2, -0.15) is 5.10 Å². The minimum Gasteiger partial charge on any atom is -0.493 e. The molecule has 0 aliphatic rings. The van der Waals surface area contributed by atoms with Crippen LogP contribution in [0.2, 0.25) is 0 Å². The number of nitrogens with zero attached hydrogens (tertiary/aromatic N) is 2.